The van der Waals surface area contributed by atoms with Crippen LogP contribution in [0, 0.1) is 27.7 Å². The van der Waals surface area contributed by atoms with Gasteiger partial charge in [-0.05, 0) is 56.9 Å². The number of rotatable bonds is 4. The number of aryl methyl sites for hydroxylation is 2. The molecule has 0 aliphatic carbocycles. The Morgan fingerprint density at radius 3 is 2.63 bits per heavy atom. The highest BCUT2D eigenvalue weighted by atomic mass is 16.5. The molecule has 6 heteroatoms. The fourth-order valence-corrected chi connectivity index (χ4v) is 4.25. The average Bonchev–Trinajstić information content (AvgIpc) is 3.00. The van der Waals surface area contributed by atoms with E-state index in [9.17, 15) is 9.90 Å². The van der Waals surface area contributed by atoms with Crippen molar-refractivity contribution in [3.05, 3.63) is 64.7 Å². The number of carbonyl (C=O) groups is 1. The van der Waals surface area contributed by atoms with Gasteiger partial charge in [-0.3, -0.25) is 4.79 Å². The van der Waals surface area contributed by atoms with E-state index >= 15 is 0 Å². The molecular formula is C24H27N3O3. The Balaban J connectivity index is 1.62. The minimum absolute atomic E-state index is 0.0257. The number of ether oxygens (including phenoxy) is 1. The van der Waals surface area contributed by atoms with Crippen molar-refractivity contribution in [3.63, 3.8) is 0 Å². The molecule has 0 N–H and O–H groups in total. The van der Waals surface area contributed by atoms with Crippen molar-refractivity contribution in [2.75, 3.05) is 0 Å². The molecule has 0 fully saturated rings. The van der Waals surface area contributed by atoms with Crippen LogP contribution >= 0.6 is 0 Å². The van der Waals surface area contributed by atoms with Crippen LogP contribution in [0.25, 0.3) is 5.69 Å². The van der Waals surface area contributed by atoms with E-state index in [1.807, 2.05) is 69.5 Å². The van der Waals surface area contributed by atoms with Gasteiger partial charge in [0.25, 0.3) is 5.82 Å². The predicted octanol–water partition coefficient (Wildman–Crippen LogP) is 2.82. The van der Waals surface area contributed by atoms with E-state index < -0.39 is 5.60 Å². The lowest BCUT2D eigenvalue weighted by atomic mass is 9.86. The molecule has 1 unspecified atom stereocenters. The first kappa shape index (κ1) is 20.1. The topological polar surface area (TPSA) is 71.1 Å². The Morgan fingerprint density at radius 2 is 1.93 bits per heavy atom. The summed E-state index contributed by atoms with van der Waals surface area (Å²) >= 11 is 0. The van der Waals surface area contributed by atoms with Crippen molar-refractivity contribution in [2.24, 2.45) is 0 Å². The number of benzene rings is 2. The maximum Gasteiger partial charge on any atom is 0.279 e. The third kappa shape index (κ3) is 3.26. The maximum atomic E-state index is 13.3. The lowest BCUT2D eigenvalue weighted by Gasteiger charge is -2.36. The highest BCUT2D eigenvalue weighted by molar-refractivity contribution is 5.87. The number of fused-ring (bicyclic) bond motifs is 1. The standard InChI is InChI=1S/C24H27N3O3/c1-15-13-21(28)16(2)20-11-12-24(5,30-23(15)20)22(29)14-26-18(4)27(17(3)25-26)19-9-7-6-8-10-19/h6-10,13H,11-12,14H2,1-5H3. The van der Waals surface area contributed by atoms with E-state index in [0.29, 0.717) is 24.2 Å². The van der Waals surface area contributed by atoms with Gasteiger partial charge in [0, 0.05) is 18.9 Å². The van der Waals surface area contributed by atoms with Crippen LogP contribution < -0.4 is 14.4 Å². The summed E-state index contributed by atoms with van der Waals surface area (Å²) in [4.78, 5) is 13.3. The molecule has 6 nitrogen and oxygen atoms in total. The van der Waals surface area contributed by atoms with E-state index in [1.165, 1.54) is 0 Å². The molecule has 0 radical (unpaired) electrons. The first-order chi connectivity index (χ1) is 14.2. The van der Waals surface area contributed by atoms with Gasteiger partial charge in [0.15, 0.2) is 12.1 Å². The van der Waals surface area contributed by atoms with Gasteiger partial charge in [-0.25, -0.2) is 0 Å². The van der Waals surface area contributed by atoms with Crippen LogP contribution in [0.3, 0.4) is 0 Å². The normalized spacial score (nSPS) is 18.0. The van der Waals surface area contributed by atoms with Crippen LogP contribution in [-0.2, 0) is 17.8 Å². The molecule has 1 atom stereocenters. The van der Waals surface area contributed by atoms with Gasteiger partial charge in [-0.15, -0.1) is 10.4 Å². The molecule has 156 valence electrons. The molecule has 1 aliphatic rings. The fourth-order valence-electron chi connectivity index (χ4n) is 4.25. The number of ketones is 1. The summed E-state index contributed by atoms with van der Waals surface area (Å²) in [5.74, 6) is 2.39. The van der Waals surface area contributed by atoms with E-state index in [4.69, 9.17) is 4.74 Å². The van der Waals surface area contributed by atoms with E-state index in [-0.39, 0.29) is 18.1 Å². The highest BCUT2D eigenvalue weighted by Gasteiger charge is 2.41. The van der Waals surface area contributed by atoms with E-state index in [2.05, 4.69) is 5.10 Å². The minimum atomic E-state index is -0.946. The summed E-state index contributed by atoms with van der Waals surface area (Å²) in [6.07, 6.45) is 1.20. The van der Waals surface area contributed by atoms with Gasteiger partial charge in [0.2, 0.25) is 11.6 Å². The van der Waals surface area contributed by atoms with E-state index in [1.54, 1.807) is 10.7 Å². The SMILES string of the molecule is Cc1cc([O-])c(C)c2c1OC(C)(C(=O)Cn1nc(C)[n+](-c3ccccc3)c1C)CC2. The highest BCUT2D eigenvalue weighted by Crippen LogP contribution is 2.40. The van der Waals surface area contributed by atoms with Gasteiger partial charge in [-0.1, -0.05) is 29.8 Å². The first-order valence-electron chi connectivity index (χ1n) is 10.2. The van der Waals surface area contributed by atoms with Crippen molar-refractivity contribution >= 4 is 5.78 Å². The number of nitrogens with zero attached hydrogens (tertiary/aromatic N) is 3. The molecule has 0 saturated heterocycles. The number of hydrogen-bond acceptors (Lipinski definition) is 4. The van der Waals surface area contributed by atoms with Crippen LogP contribution in [0.4, 0.5) is 0 Å². The quantitative estimate of drug-likeness (QED) is 0.626. The second kappa shape index (κ2) is 7.27. The fraction of sp³-hybridized carbons (Fsp3) is 0.375. The van der Waals surface area contributed by atoms with Gasteiger partial charge >= 0.3 is 0 Å². The summed E-state index contributed by atoms with van der Waals surface area (Å²) in [5.41, 5.74) is 2.50. The lowest BCUT2D eigenvalue weighted by Crippen LogP contribution is -2.47. The predicted molar refractivity (Wildman–Crippen MR) is 111 cm³/mol. The average molecular weight is 405 g/mol. The molecule has 0 saturated carbocycles. The zero-order valence-corrected chi connectivity index (χ0v) is 18.2. The molecular weight excluding hydrogens is 378 g/mol. The molecule has 3 aromatic rings. The Morgan fingerprint density at radius 1 is 1.23 bits per heavy atom. The van der Waals surface area contributed by atoms with Crippen LogP contribution in [0.2, 0.25) is 0 Å². The summed E-state index contributed by atoms with van der Waals surface area (Å²) in [7, 11) is 0. The molecule has 4 rings (SSSR count). The molecule has 2 heterocycles. The molecule has 0 amide bonds. The maximum absolute atomic E-state index is 13.3. The molecule has 0 bridgehead atoms. The van der Waals surface area contributed by atoms with Crippen molar-refractivity contribution < 1.29 is 19.2 Å². The molecule has 1 aliphatic heterocycles. The van der Waals surface area contributed by atoms with Gasteiger partial charge in [-0.2, -0.15) is 4.57 Å². The molecule has 2 aromatic carbocycles. The van der Waals surface area contributed by atoms with Crippen molar-refractivity contribution in [2.45, 2.75) is 59.6 Å². The Labute approximate surface area is 176 Å². The second-order valence-electron chi connectivity index (χ2n) is 8.30. The molecule has 0 spiro atoms. The summed E-state index contributed by atoms with van der Waals surface area (Å²) in [5, 5.41) is 16.7. The van der Waals surface area contributed by atoms with Gasteiger partial charge in [0.05, 0.1) is 0 Å². The van der Waals surface area contributed by atoms with Crippen LogP contribution in [-0.4, -0.2) is 21.2 Å². The van der Waals surface area contributed by atoms with Crippen LogP contribution in [0.5, 0.6) is 11.5 Å². The van der Waals surface area contributed by atoms with Crippen molar-refractivity contribution in [1.29, 1.82) is 0 Å². The van der Waals surface area contributed by atoms with Gasteiger partial charge < -0.3 is 9.84 Å². The van der Waals surface area contributed by atoms with E-state index in [0.717, 1.165) is 28.5 Å². The molecule has 1 aromatic heterocycles. The lowest BCUT2D eigenvalue weighted by molar-refractivity contribution is -0.610. The van der Waals surface area contributed by atoms with Crippen molar-refractivity contribution in [1.82, 2.24) is 9.78 Å². The molecule has 30 heavy (non-hydrogen) atoms. The summed E-state index contributed by atoms with van der Waals surface area (Å²) < 4.78 is 10.0. The number of hydrogen-bond donors (Lipinski definition) is 0. The zero-order valence-electron chi connectivity index (χ0n) is 18.2. The summed E-state index contributed by atoms with van der Waals surface area (Å²) in [6, 6.07) is 11.6. The van der Waals surface area contributed by atoms with Crippen molar-refractivity contribution in [3.8, 4) is 17.2 Å². The number of aromatic nitrogens is 3. The number of para-hydroxylation sites is 1. The van der Waals surface area contributed by atoms with Gasteiger partial charge in [0.1, 0.15) is 11.4 Å². The number of Topliss-reactive ketones (excluding diaryl/α,β-unsaturated/α-hetero) is 1. The number of carbonyl (C=O) groups excluding carboxylic acids is 1. The minimum Gasteiger partial charge on any atom is -0.872 e. The third-order valence-electron chi connectivity index (χ3n) is 6.17. The Bertz CT molecular complexity index is 1130. The van der Waals surface area contributed by atoms with Crippen LogP contribution in [0.1, 0.15) is 41.7 Å². The smallest absolute Gasteiger partial charge is 0.279 e. The Kier molecular flexibility index (Phi) is 4.88. The van der Waals surface area contributed by atoms with Crippen LogP contribution in [0.15, 0.2) is 36.4 Å². The Hall–Kier alpha value is -3.15. The monoisotopic (exact) mass is 405 g/mol. The summed E-state index contributed by atoms with van der Waals surface area (Å²) in [6.45, 7) is 9.56. The zero-order chi connectivity index (χ0) is 21.6. The largest absolute Gasteiger partial charge is 0.872 e. The first-order valence-corrected chi connectivity index (χ1v) is 10.2. The third-order valence-corrected chi connectivity index (χ3v) is 6.17. The second-order valence-corrected chi connectivity index (χ2v) is 8.30.